The highest BCUT2D eigenvalue weighted by Gasteiger charge is 2.51. The predicted molar refractivity (Wildman–Crippen MR) is 76.8 cm³/mol. The average Bonchev–Trinajstić information content (AvgIpc) is 3.06. The van der Waals surface area contributed by atoms with Crippen molar-refractivity contribution >= 4 is 6.01 Å². The summed E-state index contributed by atoms with van der Waals surface area (Å²) in [7, 11) is 0. The van der Waals surface area contributed by atoms with E-state index in [9.17, 15) is 0 Å². The van der Waals surface area contributed by atoms with Crippen LogP contribution in [-0.2, 0) is 4.74 Å². The van der Waals surface area contributed by atoms with Crippen LogP contribution in [0.4, 0.5) is 6.01 Å². The minimum absolute atomic E-state index is 0.0180. The van der Waals surface area contributed by atoms with Gasteiger partial charge in [0.15, 0.2) is 0 Å². The molecule has 0 radical (unpaired) electrons. The molecule has 5 fully saturated rings. The Bertz CT molecular complexity index is 500. The molecular formula is C16H23N3O2. The van der Waals surface area contributed by atoms with Crippen LogP contribution in [0.25, 0.3) is 0 Å². The van der Waals surface area contributed by atoms with Gasteiger partial charge in [0.1, 0.15) is 6.10 Å². The van der Waals surface area contributed by atoms with Crippen LogP contribution >= 0.6 is 0 Å². The van der Waals surface area contributed by atoms with Gasteiger partial charge in [0.2, 0.25) is 5.89 Å². The van der Waals surface area contributed by atoms with Gasteiger partial charge in [-0.1, -0.05) is 5.10 Å². The Balaban J connectivity index is 1.35. The molecule has 1 saturated heterocycles. The lowest BCUT2D eigenvalue weighted by Crippen LogP contribution is -2.54. The maximum absolute atomic E-state index is 5.85. The van der Waals surface area contributed by atoms with Gasteiger partial charge < -0.3 is 14.5 Å². The SMILES string of the molecule is C1CO[C@H](c2nnc(NC34CC5CC(CC(C5)C3)C4)o2)C1. The minimum atomic E-state index is 0.0180. The molecule has 0 amide bonds. The number of anilines is 1. The topological polar surface area (TPSA) is 60.2 Å². The summed E-state index contributed by atoms with van der Waals surface area (Å²) in [6.45, 7) is 0.810. The molecule has 0 spiro atoms. The first-order valence-corrected chi connectivity index (χ1v) is 8.51. The maximum Gasteiger partial charge on any atom is 0.315 e. The average molecular weight is 289 g/mol. The van der Waals surface area contributed by atoms with Crippen LogP contribution in [0.3, 0.4) is 0 Å². The lowest BCUT2D eigenvalue weighted by Gasteiger charge is -2.56. The molecule has 4 bridgehead atoms. The van der Waals surface area contributed by atoms with E-state index in [1.807, 2.05) is 0 Å². The highest BCUT2D eigenvalue weighted by atomic mass is 16.5. The number of hydrogen-bond donors (Lipinski definition) is 1. The third kappa shape index (κ3) is 2.08. The van der Waals surface area contributed by atoms with Crippen molar-refractivity contribution in [2.45, 2.75) is 63.0 Å². The Morgan fingerprint density at radius 3 is 2.33 bits per heavy atom. The van der Waals surface area contributed by atoms with Crippen LogP contribution in [0.15, 0.2) is 4.42 Å². The smallest absolute Gasteiger partial charge is 0.315 e. The predicted octanol–water partition coefficient (Wildman–Crippen LogP) is 3.30. The fourth-order valence-corrected chi connectivity index (χ4v) is 5.68. The lowest BCUT2D eigenvalue weighted by atomic mass is 9.53. The molecule has 4 aliphatic carbocycles. The maximum atomic E-state index is 5.85. The Labute approximate surface area is 124 Å². The summed E-state index contributed by atoms with van der Waals surface area (Å²) in [6.07, 6.45) is 10.3. The third-order valence-electron chi connectivity index (χ3n) is 6.06. The summed E-state index contributed by atoms with van der Waals surface area (Å²) in [5, 5.41) is 12.1. The van der Waals surface area contributed by atoms with Crippen molar-refractivity contribution < 1.29 is 9.15 Å². The zero-order valence-corrected chi connectivity index (χ0v) is 12.4. The van der Waals surface area contributed by atoms with E-state index < -0.39 is 0 Å². The van der Waals surface area contributed by atoms with Gasteiger partial charge in [-0.2, -0.15) is 0 Å². The molecule has 1 aromatic rings. The van der Waals surface area contributed by atoms with Crippen molar-refractivity contribution in [3.05, 3.63) is 5.89 Å². The number of nitrogens with one attached hydrogen (secondary N) is 1. The Morgan fingerprint density at radius 2 is 1.71 bits per heavy atom. The summed E-state index contributed by atoms with van der Waals surface area (Å²) in [5.41, 5.74) is 0.231. The van der Waals surface area contributed by atoms with Crippen molar-refractivity contribution in [3.8, 4) is 0 Å². The second-order valence-corrected chi connectivity index (χ2v) is 7.77. The van der Waals surface area contributed by atoms with Crippen LogP contribution in [0.5, 0.6) is 0 Å². The lowest BCUT2D eigenvalue weighted by molar-refractivity contribution is 0.00940. The fourth-order valence-electron chi connectivity index (χ4n) is 5.68. The summed E-state index contributed by atoms with van der Waals surface area (Å²) in [6, 6.07) is 0.613. The Morgan fingerprint density at radius 1 is 1.00 bits per heavy atom. The Hall–Kier alpha value is -1.10. The normalized spacial score (nSPS) is 44.4. The van der Waals surface area contributed by atoms with E-state index >= 15 is 0 Å². The first-order chi connectivity index (χ1) is 10.3. The highest BCUT2D eigenvalue weighted by Crippen LogP contribution is 2.56. The van der Waals surface area contributed by atoms with E-state index in [1.165, 1.54) is 38.5 Å². The van der Waals surface area contributed by atoms with Crippen LogP contribution in [-0.4, -0.2) is 22.3 Å². The standard InChI is InChI=1S/C16H23N3O2/c1-2-13(20-3-1)14-18-19-15(21-14)17-16-7-10-4-11(8-16)6-12(5-10)9-16/h10-13H,1-9H2,(H,17,19)/t10?,11?,12?,13-,16?/m0/s1. The third-order valence-corrected chi connectivity index (χ3v) is 6.06. The molecule has 0 unspecified atom stereocenters. The molecule has 1 N–H and O–H groups in total. The largest absolute Gasteiger partial charge is 0.405 e. The molecule has 4 saturated carbocycles. The second kappa shape index (κ2) is 4.45. The van der Waals surface area contributed by atoms with E-state index in [0.29, 0.717) is 11.9 Å². The van der Waals surface area contributed by atoms with Gasteiger partial charge in [-0.3, -0.25) is 0 Å². The van der Waals surface area contributed by atoms with Gasteiger partial charge >= 0.3 is 6.01 Å². The summed E-state index contributed by atoms with van der Waals surface area (Å²) < 4.78 is 11.5. The van der Waals surface area contributed by atoms with Gasteiger partial charge in [-0.15, -0.1) is 5.10 Å². The van der Waals surface area contributed by atoms with Gasteiger partial charge in [0, 0.05) is 12.1 Å². The zero-order chi connectivity index (χ0) is 13.9. The quantitative estimate of drug-likeness (QED) is 0.925. The first-order valence-electron chi connectivity index (χ1n) is 8.51. The molecule has 0 aromatic carbocycles. The van der Waals surface area contributed by atoms with E-state index in [0.717, 1.165) is 37.2 Å². The number of hydrogen-bond acceptors (Lipinski definition) is 5. The van der Waals surface area contributed by atoms with Crippen LogP contribution < -0.4 is 5.32 Å². The van der Waals surface area contributed by atoms with Crippen LogP contribution in [0, 0.1) is 17.8 Å². The van der Waals surface area contributed by atoms with Gasteiger partial charge in [-0.25, -0.2) is 0 Å². The number of nitrogens with zero attached hydrogens (tertiary/aromatic N) is 2. The summed E-state index contributed by atoms with van der Waals surface area (Å²) in [4.78, 5) is 0. The van der Waals surface area contributed by atoms with Gasteiger partial charge in [-0.05, 0) is 69.1 Å². The molecule has 114 valence electrons. The first kappa shape index (κ1) is 12.4. The molecule has 5 heteroatoms. The van der Waals surface area contributed by atoms with E-state index in [2.05, 4.69) is 15.5 Å². The minimum Gasteiger partial charge on any atom is -0.405 e. The molecule has 2 heterocycles. The van der Waals surface area contributed by atoms with E-state index in [4.69, 9.17) is 9.15 Å². The molecule has 1 aliphatic heterocycles. The van der Waals surface area contributed by atoms with Gasteiger partial charge in [0.25, 0.3) is 0 Å². The molecular weight excluding hydrogens is 266 g/mol. The van der Waals surface area contributed by atoms with Crippen molar-refractivity contribution in [1.82, 2.24) is 10.2 Å². The zero-order valence-electron chi connectivity index (χ0n) is 12.4. The summed E-state index contributed by atoms with van der Waals surface area (Å²) in [5.74, 6) is 3.41. The molecule has 21 heavy (non-hydrogen) atoms. The van der Waals surface area contributed by atoms with Crippen LogP contribution in [0.2, 0.25) is 0 Å². The number of aromatic nitrogens is 2. The van der Waals surface area contributed by atoms with Crippen molar-refractivity contribution in [1.29, 1.82) is 0 Å². The molecule has 1 aromatic heterocycles. The van der Waals surface area contributed by atoms with Crippen molar-refractivity contribution in [2.24, 2.45) is 17.8 Å². The molecule has 5 nitrogen and oxygen atoms in total. The number of rotatable bonds is 3. The highest BCUT2D eigenvalue weighted by molar-refractivity contribution is 5.28. The number of ether oxygens (including phenoxy) is 1. The second-order valence-electron chi connectivity index (χ2n) is 7.77. The van der Waals surface area contributed by atoms with E-state index in [-0.39, 0.29) is 11.6 Å². The van der Waals surface area contributed by atoms with Crippen molar-refractivity contribution in [3.63, 3.8) is 0 Å². The molecule has 6 rings (SSSR count). The Kier molecular flexibility index (Phi) is 2.64. The van der Waals surface area contributed by atoms with Crippen molar-refractivity contribution in [2.75, 3.05) is 11.9 Å². The van der Waals surface area contributed by atoms with Gasteiger partial charge in [0.05, 0.1) is 0 Å². The summed E-state index contributed by atoms with van der Waals surface area (Å²) >= 11 is 0. The fraction of sp³-hybridized carbons (Fsp3) is 0.875. The monoisotopic (exact) mass is 289 g/mol. The molecule has 5 aliphatic rings. The molecule has 1 atom stereocenters. The van der Waals surface area contributed by atoms with Crippen LogP contribution in [0.1, 0.15) is 63.4 Å². The van der Waals surface area contributed by atoms with E-state index in [1.54, 1.807) is 0 Å².